The van der Waals surface area contributed by atoms with Crippen LogP contribution in [0, 0.1) is 0 Å². The highest BCUT2D eigenvalue weighted by atomic mass is 16.6. The van der Waals surface area contributed by atoms with Gasteiger partial charge in [0.25, 0.3) is 0 Å². The minimum Gasteiger partial charge on any atom is -0.372 e. The lowest BCUT2D eigenvalue weighted by Crippen LogP contribution is -2.39. The summed E-state index contributed by atoms with van der Waals surface area (Å²) in [6, 6.07) is 0.611. The van der Waals surface area contributed by atoms with E-state index >= 15 is 0 Å². The molecule has 1 aromatic heterocycles. The number of epoxide rings is 1. The van der Waals surface area contributed by atoms with Crippen LogP contribution in [0.1, 0.15) is 31.6 Å². The number of aryl methyl sites for hydroxylation is 1. The molecule has 0 aliphatic carbocycles. The fourth-order valence-corrected chi connectivity index (χ4v) is 2.84. The molecule has 0 aromatic carbocycles. The molecule has 1 aromatic rings. The summed E-state index contributed by atoms with van der Waals surface area (Å²) in [6.45, 7) is 6.65. The molecule has 0 bridgehead atoms. The molecule has 3 rings (SSSR count). The summed E-state index contributed by atoms with van der Waals surface area (Å²) >= 11 is 0. The Kier molecular flexibility index (Phi) is 3.16. The lowest BCUT2D eigenvalue weighted by Gasteiger charge is -2.33. The molecule has 0 radical (unpaired) electrons. The summed E-state index contributed by atoms with van der Waals surface area (Å²) in [5.41, 5.74) is 0. The minimum atomic E-state index is 0.516. The Morgan fingerprint density at radius 3 is 3.18 bits per heavy atom. The van der Waals surface area contributed by atoms with Crippen molar-refractivity contribution in [1.29, 1.82) is 0 Å². The van der Waals surface area contributed by atoms with Gasteiger partial charge in [0.2, 0.25) is 0 Å². The minimum absolute atomic E-state index is 0.516. The van der Waals surface area contributed by atoms with E-state index in [1.807, 2.05) is 6.20 Å². The average molecular weight is 235 g/mol. The molecule has 0 saturated carbocycles. The van der Waals surface area contributed by atoms with Crippen molar-refractivity contribution in [3.05, 3.63) is 18.2 Å². The van der Waals surface area contributed by atoms with Crippen molar-refractivity contribution < 1.29 is 4.74 Å². The summed E-state index contributed by atoms with van der Waals surface area (Å²) in [6.07, 6.45) is 8.18. The van der Waals surface area contributed by atoms with Crippen molar-refractivity contribution in [2.75, 3.05) is 26.2 Å². The number of imidazole rings is 1. The largest absolute Gasteiger partial charge is 0.372 e. The van der Waals surface area contributed by atoms with Crippen molar-refractivity contribution in [2.24, 2.45) is 0 Å². The summed E-state index contributed by atoms with van der Waals surface area (Å²) in [5.74, 6) is 1.22. The lowest BCUT2D eigenvalue weighted by atomic mass is 10.1. The fourth-order valence-electron chi connectivity index (χ4n) is 2.84. The van der Waals surface area contributed by atoms with Crippen molar-refractivity contribution in [2.45, 2.75) is 38.3 Å². The maximum atomic E-state index is 5.32. The molecular formula is C13H21N3O. The second-order valence-electron chi connectivity index (χ2n) is 5.12. The molecule has 2 aliphatic rings. The standard InChI is InChI=1S/C13H21N3O/c1-2-13-14-5-7-16(13)11-4-3-6-15(8-11)9-12-10-17-12/h5,7,11-12H,2-4,6,8-10H2,1H3/t11-,12-/m0/s1. The zero-order valence-corrected chi connectivity index (χ0v) is 10.5. The molecule has 3 heterocycles. The third-order valence-corrected chi connectivity index (χ3v) is 3.80. The highest BCUT2D eigenvalue weighted by molar-refractivity contribution is 4.96. The summed E-state index contributed by atoms with van der Waals surface area (Å²) in [4.78, 5) is 6.97. The highest BCUT2D eigenvalue weighted by Gasteiger charge is 2.29. The number of likely N-dealkylation sites (tertiary alicyclic amines) is 1. The van der Waals surface area contributed by atoms with Gasteiger partial charge in [-0.3, -0.25) is 4.90 Å². The van der Waals surface area contributed by atoms with Crippen LogP contribution in [0.4, 0.5) is 0 Å². The van der Waals surface area contributed by atoms with Gasteiger partial charge in [0.1, 0.15) is 5.82 Å². The Balaban J connectivity index is 1.65. The third kappa shape index (κ3) is 2.53. The van der Waals surface area contributed by atoms with Crippen molar-refractivity contribution in [1.82, 2.24) is 14.5 Å². The van der Waals surface area contributed by atoms with Crippen molar-refractivity contribution in [3.8, 4) is 0 Å². The second kappa shape index (κ2) is 4.78. The highest BCUT2D eigenvalue weighted by Crippen LogP contribution is 2.24. The topological polar surface area (TPSA) is 33.6 Å². The monoisotopic (exact) mass is 235 g/mol. The number of aromatic nitrogens is 2. The van der Waals surface area contributed by atoms with Crippen LogP contribution in [0.3, 0.4) is 0 Å². The van der Waals surface area contributed by atoms with Gasteiger partial charge in [0.15, 0.2) is 0 Å². The maximum absolute atomic E-state index is 5.32. The molecule has 0 unspecified atom stereocenters. The zero-order chi connectivity index (χ0) is 11.7. The van der Waals surface area contributed by atoms with E-state index < -0.39 is 0 Å². The molecule has 4 heteroatoms. The fraction of sp³-hybridized carbons (Fsp3) is 0.769. The number of hydrogen-bond donors (Lipinski definition) is 0. The van der Waals surface area contributed by atoms with Crippen LogP contribution in [-0.4, -0.2) is 46.8 Å². The number of ether oxygens (including phenoxy) is 1. The first-order valence-electron chi connectivity index (χ1n) is 6.72. The van der Waals surface area contributed by atoms with E-state index in [1.165, 1.54) is 25.2 Å². The third-order valence-electron chi connectivity index (χ3n) is 3.80. The smallest absolute Gasteiger partial charge is 0.108 e. The van der Waals surface area contributed by atoms with Crippen LogP contribution in [0.15, 0.2) is 12.4 Å². The van der Waals surface area contributed by atoms with Crippen molar-refractivity contribution in [3.63, 3.8) is 0 Å². The quantitative estimate of drug-likeness (QED) is 0.741. The van der Waals surface area contributed by atoms with Crippen LogP contribution in [0.25, 0.3) is 0 Å². The first-order chi connectivity index (χ1) is 8.36. The van der Waals surface area contributed by atoms with Crippen LogP contribution < -0.4 is 0 Å². The zero-order valence-electron chi connectivity index (χ0n) is 10.5. The van der Waals surface area contributed by atoms with E-state index in [0.717, 1.165) is 26.1 Å². The van der Waals surface area contributed by atoms with E-state index in [2.05, 4.69) is 27.6 Å². The van der Waals surface area contributed by atoms with E-state index in [9.17, 15) is 0 Å². The molecule has 94 valence electrons. The molecule has 0 amide bonds. The molecule has 17 heavy (non-hydrogen) atoms. The molecule has 0 spiro atoms. The van der Waals surface area contributed by atoms with Gasteiger partial charge in [-0.2, -0.15) is 0 Å². The maximum Gasteiger partial charge on any atom is 0.108 e. The van der Waals surface area contributed by atoms with Gasteiger partial charge in [-0.15, -0.1) is 0 Å². The van der Waals surface area contributed by atoms with Crippen LogP contribution in [0.5, 0.6) is 0 Å². The average Bonchev–Trinajstić information content (AvgIpc) is 3.04. The number of hydrogen-bond acceptors (Lipinski definition) is 3. The number of rotatable bonds is 4. The van der Waals surface area contributed by atoms with E-state index in [1.54, 1.807) is 0 Å². The first-order valence-corrected chi connectivity index (χ1v) is 6.72. The van der Waals surface area contributed by atoms with Gasteiger partial charge in [0.05, 0.1) is 12.7 Å². The molecule has 2 atom stereocenters. The van der Waals surface area contributed by atoms with Gasteiger partial charge < -0.3 is 9.30 Å². The second-order valence-corrected chi connectivity index (χ2v) is 5.12. The number of nitrogens with zero attached hydrogens (tertiary/aromatic N) is 3. The Hall–Kier alpha value is -0.870. The predicted octanol–water partition coefficient (Wildman–Crippen LogP) is 1.48. The molecular weight excluding hydrogens is 214 g/mol. The Morgan fingerprint density at radius 2 is 2.41 bits per heavy atom. The molecule has 2 saturated heterocycles. The van der Waals surface area contributed by atoms with Crippen molar-refractivity contribution >= 4 is 0 Å². The normalized spacial score (nSPS) is 29.5. The number of piperidine rings is 1. The summed E-state index contributed by atoms with van der Waals surface area (Å²) in [5, 5.41) is 0. The Morgan fingerprint density at radius 1 is 1.53 bits per heavy atom. The molecule has 0 N–H and O–H groups in total. The SMILES string of the molecule is CCc1nccn1[C@H]1CCCN(C[C@H]2CO2)C1. The molecule has 4 nitrogen and oxygen atoms in total. The molecule has 2 fully saturated rings. The summed E-state index contributed by atoms with van der Waals surface area (Å²) in [7, 11) is 0. The van der Waals surface area contributed by atoms with Crippen LogP contribution in [0.2, 0.25) is 0 Å². The Labute approximate surface area is 103 Å². The van der Waals surface area contributed by atoms with E-state index in [4.69, 9.17) is 4.74 Å². The lowest BCUT2D eigenvalue weighted by molar-refractivity contribution is 0.162. The van der Waals surface area contributed by atoms with Gasteiger partial charge in [0, 0.05) is 37.9 Å². The van der Waals surface area contributed by atoms with Gasteiger partial charge in [-0.05, 0) is 19.4 Å². The van der Waals surface area contributed by atoms with Gasteiger partial charge >= 0.3 is 0 Å². The van der Waals surface area contributed by atoms with Gasteiger partial charge in [-0.1, -0.05) is 6.92 Å². The van der Waals surface area contributed by atoms with Crippen LogP contribution in [-0.2, 0) is 11.2 Å². The van der Waals surface area contributed by atoms with E-state index in [-0.39, 0.29) is 0 Å². The first kappa shape index (κ1) is 11.2. The van der Waals surface area contributed by atoms with E-state index in [0.29, 0.717) is 12.1 Å². The van der Waals surface area contributed by atoms with Crippen LogP contribution >= 0.6 is 0 Å². The summed E-state index contributed by atoms with van der Waals surface area (Å²) < 4.78 is 7.70. The van der Waals surface area contributed by atoms with Gasteiger partial charge in [-0.25, -0.2) is 4.98 Å². The Bertz CT molecular complexity index is 372. The molecule has 2 aliphatic heterocycles. The predicted molar refractivity (Wildman–Crippen MR) is 66.1 cm³/mol.